The van der Waals surface area contributed by atoms with Gasteiger partial charge in [-0.25, -0.2) is 0 Å². The second-order valence-corrected chi connectivity index (χ2v) is 3.29. The van der Waals surface area contributed by atoms with Crippen molar-refractivity contribution >= 4 is 5.70 Å². The first-order valence-corrected chi connectivity index (χ1v) is 4.69. The monoisotopic (exact) mass is 219 g/mol. The Hall–Kier alpha value is -2.05. The van der Waals surface area contributed by atoms with Crippen molar-refractivity contribution in [1.29, 1.82) is 0 Å². The SMILES string of the molecule is O=[N+]([O-])C1=CC[NH+]([O-])C(c2ccccn2)=C1. The summed E-state index contributed by atoms with van der Waals surface area (Å²) in [6, 6.07) is 5.12. The largest absolute Gasteiger partial charge is 0.629 e. The van der Waals surface area contributed by atoms with Crippen molar-refractivity contribution in [2.45, 2.75) is 0 Å². The second-order valence-electron chi connectivity index (χ2n) is 3.29. The van der Waals surface area contributed by atoms with Gasteiger partial charge < -0.3 is 10.3 Å². The molecule has 1 aromatic heterocycles. The van der Waals surface area contributed by atoms with Crippen molar-refractivity contribution < 1.29 is 9.99 Å². The molecule has 0 fully saturated rings. The van der Waals surface area contributed by atoms with Crippen LogP contribution in [-0.4, -0.2) is 16.5 Å². The van der Waals surface area contributed by atoms with Gasteiger partial charge in [0, 0.05) is 12.3 Å². The molecule has 0 radical (unpaired) electrons. The Kier molecular flexibility index (Phi) is 2.76. The number of allylic oxidation sites excluding steroid dienone is 1. The van der Waals surface area contributed by atoms with Gasteiger partial charge >= 0.3 is 0 Å². The Balaban J connectivity index is 2.39. The molecular formula is C10H9N3O3. The molecule has 6 heteroatoms. The Morgan fingerprint density at radius 2 is 2.25 bits per heavy atom. The molecular weight excluding hydrogens is 210 g/mol. The maximum absolute atomic E-state index is 11.6. The predicted octanol–water partition coefficient (Wildman–Crippen LogP) is -0.0206. The van der Waals surface area contributed by atoms with Crippen molar-refractivity contribution in [2.24, 2.45) is 0 Å². The fourth-order valence-electron chi connectivity index (χ4n) is 1.46. The van der Waals surface area contributed by atoms with Crippen LogP contribution in [0.1, 0.15) is 5.69 Å². The van der Waals surface area contributed by atoms with Crippen molar-refractivity contribution in [2.75, 3.05) is 6.54 Å². The molecule has 2 heterocycles. The lowest BCUT2D eigenvalue weighted by Crippen LogP contribution is -3.04. The van der Waals surface area contributed by atoms with Crippen LogP contribution >= 0.6 is 0 Å². The van der Waals surface area contributed by atoms with E-state index in [2.05, 4.69) is 4.98 Å². The van der Waals surface area contributed by atoms with Crippen LogP contribution in [0.5, 0.6) is 0 Å². The van der Waals surface area contributed by atoms with E-state index in [9.17, 15) is 15.3 Å². The number of hydrogen-bond acceptors (Lipinski definition) is 4. The number of hydrogen-bond donors (Lipinski definition) is 1. The van der Waals surface area contributed by atoms with E-state index in [1.54, 1.807) is 24.4 Å². The molecule has 1 unspecified atom stereocenters. The third-order valence-corrected chi connectivity index (χ3v) is 2.24. The van der Waals surface area contributed by atoms with Gasteiger partial charge in [-0.05, 0) is 12.1 Å². The molecule has 0 saturated carbocycles. The summed E-state index contributed by atoms with van der Waals surface area (Å²) in [5, 5.41) is 22.0. The lowest BCUT2D eigenvalue weighted by Gasteiger charge is -2.24. The highest BCUT2D eigenvalue weighted by atomic mass is 16.6. The van der Waals surface area contributed by atoms with E-state index < -0.39 is 4.92 Å². The third kappa shape index (κ3) is 1.97. The standard InChI is InChI=1S/C10H9N3O3/c14-12-6-4-8(13(15)16)7-10(12)9-3-1-2-5-11-9/h1-5,7,12H,6H2. The summed E-state index contributed by atoms with van der Waals surface area (Å²) in [5.41, 5.74) is 0.718. The third-order valence-electron chi connectivity index (χ3n) is 2.24. The van der Waals surface area contributed by atoms with E-state index in [0.717, 1.165) is 0 Å². The number of hydroxylamine groups is 2. The molecule has 0 spiro atoms. The molecule has 6 nitrogen and oxygen atoms in total. The molecule has 0 aromatic carbocycles. The van der Waals surface area contributed by atoms with E-state index >= 15 is 0 Å². The van der Waals surface area contributed by atoms with Crippen LogP contribution in [0.3, 0.4) is 0 Å². The van der Waals surface area contributed by atoms with Crippen LogP contribution in [0, 0.1) is 15.3 Å². The maximum atomic E-state index is 11.6. The summed E-state index contributed by atoms with van der Waals surface area (Å²) in [6.07, 6.45) is 4.14. The lowest BCUT2D eigenvalue weighted by atomic mass is 10.2. The zero-order chi connectivity index (χ0) is 11.5. The fourth-order valence-corrected chi connectivity index (χ4v) is 1.46. The number of pyridine rings is 1. The van der Waals surface area contributed by atoms with E-state index in [0.29, 0.717) is 11.4 Å². The van der Waals surface area contributed by atoms with E-state index in [1.807, 2.05) is 0 Å². The van der Waals surface area contributed by atoms with Crippen molar-refractivity contribution in [3.63, 3.8) is 0 Å². The van der Waals surface area contributed by atoms with Crippen LogP contribution in [0.15, 0.2) is 42.2 Å². The normalized spacial score (nSPS) is 19.9. The quantitative estimate of drug-likeness (QED) is 0.430. The van der Waals surface area contributed by atoms with E-state index in [-0.39, 0.29) is 17.3 Å². The first-order chi connectivity index (χ1) is 7.68. The van der Waals surface area contributed by atoms with Gasteiger partial charge in [-0.15, -0.1) is 0 Å². The molecule has 0 saturated heterocycles. The van der Waals surface area contributed by atoms with Gasteiger partial charge in [-0.3, -0.25) is 15.1 Å². The Labute approximate surface area is 91.3 Å². The molecule has 16 heavy (non-hydrogen) atoms. The molecule has 2 rings (SSSR count). The maximum Gasteiger partial charge on any atom is 0.277 e. The predicted molar refractivity (Wildman–Crippen MR) is 56.5 cm³/mol. The van der Waals surface area contributed by atoms with Crippen LogP contribution in [0.25, 0.3) is 5.70 Å². The number of rotatable bonds is 2. The Bertz CT molecular complexity index is 467. The number of quaternary nitrogens is 1. The van der Waals surface area contributed by atoms with Gasteiger partial charge in [0.1, 0.15) is 12.2 Å². The average Bonchev–Trinajstić information content (AvgIpc) is 2.30. The van der Waals surface area contributed by atoms with Crippen LogP contribution in [0.2, 0.25) is 0 Å². The van der Waals surface area contributed by atoms with Gasteiger partial charge in [0.2, 0.25) is 0 Å². The number of nitrogens with one attached hydrogen (secondary N) is 1. The molecule has 82 valence electrons. The van der Waals surface area contributed by atoms with Gasteiger partial charge in [-0.2, -0.15) is 0 Å². The topological polar surface area (TPSA) is 83.5 Å². The van der Waals surface area contributed by atoms with Crippen molar-refractivity contribution in [3.8, 4) is 0 Å². The van der Waals surface area contributed by atoms with Crippen LogP contribution in [-0.2, 0) is 0 Å². The summed E-state index contributed by atoms with van der Waals surface area (Å²) in [6.45, 7) is 0.0543. The van der Waals surface area contributed by atoms with Gasteiger partial charge in [0.15, 0.2) is 5.70 Å². The van der Waals surface area contributed by atoms with E-state index in [1.165, 1.54) is 12.2 Å². The van der Waals surface area contributed by atoms with Gasteiger partial charge in [-0.1, -0.05) is 6.07 Å². The van der Waals surface area contributed by atoms with E-state index in [4.69, 9.17) is 0 Å². The first-order valence-electron chi connectivity index (χ1n) is 4.69. The molecule has 1 aromatic rings. The first kappa shape index (κ1) is 10.5. The highest BCUT2D eigenvalue weighted by Crippen LogP contribution is 2.11. The number of nitro groups is 1. The summed E-state index contributed by atoms with van der Waals surface area (Å²) in [5.74, 6) is 0. The van der Waals surface area contributed by atoms with Crippen molar-refractivity contribution in [1.82, 2.24) is 4.98 Å². The number of aromatic nitrogens is 1. The second kappa shape index (κ2) is 4.21. The van der Waals surface area contributed by atoms with Crippen LogP contribution < -0.4 is 5.06 Å². The van der Waals surface area contributed by atoms with Gasteiger partial charge in [0.05, 0.1) is 11.0 Å². The fraction of sp³-hybridized carbons (Fsp3) is 0.100. The smallest absolute Gasteiger partial charge is 0.277 e. The number of nitrogens with zero attached hydrogens (tertiary/aromatic N) is 2. The summed E-state index contributed by atoms with van der Waals surface area (Å²) in [4.78, 5) is 14.1. The molecule has 1 N–H and O–H groups in total. The zero-order valence-electron chi connectivity index (χ0n) is 8.29. The molecule has 0 aliphatic carbocycles. The highest BCUT2D eigenvalue weighted by molar-refractivity contribution is 5.58. The minimum absolute atomic E-state index is 0.0543. The van der Waals surface area contributed by atoms with Crippen LogP contribution in [0.4, 0.5) is 0 Å². The molecule has 1 aliphatic heterocycles. The minimum atomic E-state index is -0.505. The Morgan fingerprint density at radius 3 is 2.88 bits per heavy atom. The Morgan fingerprint density at radius 1 is 1.44 bits per heavy atom. The van der Waals surface area contributed by atoms with Gasteiger partial charge in [0.25, 0.3) is 5.70 Å². The zero-order valence-corrected chi connectivity index (χ0v) is 8.29. The summed E-state index contributed by atoms with van der Waals surface area (Å²) in [7, 11) is 0. The molecule has 0 amide bonds. The minimum Gasteiger partial charge on any atom is -0.629 e. The molecule has 1 aliphatic rings. The lowest BCUT2D eigenvalue weighted by molar-refractivity contribution is -0.763. The average molecular weight is 219 g/mol. The molecule has 0 bridgehead atoms. The summed E-state index contributed by atoms with van der Waals surface area (Å²) < 4.78 is 0. The summed E-state index contributed by atoms with van der Waals surface area (Å²) >= 11 is 0. The van der Waals surface area contributed by atoms with Crippen molar-refractivity contribution in [3.05, 3.63) is 63.3 Å². The molecule has 1 atom stereocenters. The highest BCUT2D eigenvalue weighted by Gasteiger charge is 2.21.